The molecular weight excluding hydrogens is 399 g/mol. The third kappa shape index (κ3) is 5.73. The highest BCUT2D eigenvalue weighted by Crippen LogP contribution is 2.28. The molecule has 1 aliphatic rings. The molecule has 1 aromatic carbocycles. The van der Waals surface area contributed by atoms with Crippen LogP contribution in [0.3, 0.4) is 0 Å². The molecule has 2 N–H and O–H groups in total. The Morgan fingerprint density at radius 3 is 2.68 bits per heavy atom. The number of carbonyl (C=O) groups is 1. The summed E-state index contributed by atoms with van der Waals surface area (Å²) in [6.07, 6.45) is -2.40. The summed E-state index contributed by atoms with van der Waals surface area (Å²) in [7, 11) is 0. The summed E-state index contributed by atoms with van der Waals surface area (Å²) in [6.45, 7) is 0.742. The first kappa shape index (κ1) is 20.2. The van der Waals surface area contributed by atoms with E-state index in [0.29, 0.717) is 35.9 Å². The van der Waals surface area contributed by atoms with Gasteiger partial charge in [0.2, 0.25) is 0 Å². The van der Waals surface area contributed by atoms with Gasteiger partial charge in [-0.15, -0.1) is 13.2 Å². The first-order chi connectivity index (χ1) is 13.3. The Morgan fingerprint density at radius 1 is 1.32 bits per heavy atom. The van der Waals surface area contributed by atoms with Gasteiger partial charge in [-0.1, -0.05) is 17.4 Å². The smallest absolute Gasteiger partial charge is 0.490 e. The second-order valence-electron chi connectivity index (χ2n) is 6.05. The van der Waals surface area contributed by atoms with Crippen molar-refractivity contribution in [1.82, 2.24) is 9.88 Å². The van der Waals surface area contributed by atoms with Crippen LogP contribution >= 0.6 is 11.3 Å². The molecule has 3 rings (SSSR count). The molecule has 1 fully saturated rings. The van der Waals surface area contributed by atoms with Gasteiger partial charge >= 0.3 is 12.4 Å². The number of urea groups is 1. The van der Waals surface area contributed by atoms with E-state index in [-0.39, 0.29) is 30.2 Å². The summed E-state index contributed by atoms with van der Waals surface area (Å²) in [5, 5.41) is 12.1. The molecule has 0 radical (unpaired) electrons. The number of thiazole rings is 1. The molecule has 28 heavy (non-hydrogen) atoms. The number of nitrogens with zero attached hydrogens (tertiary/aromatic N) is 2. The molecular formula is C17H18F3N3O4S. The fourth-order valence-corrected chi connectivity index (χ4v) is 3.38. The number of aliphatic hydroxyl groups is 1. The fourth-order valence-electron chi connectivity index (χ4n) is 2.72. The van der Waals surface area contributed by atoms with Crippen LogP contribution in [0.25, 0.3) is 0 Å². The lowest BCUT2D eigenvalue weighted by Crippen LogP contribution is -2.43. The monoisotopic (exact) mass is 417 g/mol. The van der Waals surface area contributed by atoms with E-state index in [1.54, 1.807) is 11.0 Å². The van der Waals surface area contributed by atoms with Gasteiger partial charge in [0, 0.05) is 38.2 Å². The third-order valence-electron chi connectivity index (χ3n) is 3.99. The standard InChI is InChI=1S/C17H18F3N3O4S/c18-17(19,20)27-13-3-1-2-12(8-13)26-11-4-6-23(7-5-11)16(25)22-15-21-9-14(10-24)28-15/h1-3,8-9,11,24H,4-7,10H2,(H,21,22,25). The first-order valence-corrected chi connectivity index (χ1v) is 9.28. The Balaban J connectivity index is 1.48. The minimum absolute atomic E-state index is 0.133. The SMILES string of the molecule is O=C(Nc1ncc(CO)s1)N1CCC(Oc2cccc(OC(F)(F)F)c2)CC1. The zero-order valence-corrected chi connectivity index (χ0v) is 15.4. The Morgan fingerprint density at radius 2 is 2.04 bits per heavy atom. The molecule has 11 heteroatoms. The minimum atomic E-state index is -4.76. The van der Waals surface area contributed by atoms with Gasteiger partial charge in [0.15, 0.2) is 5.13 Å². The number of benzene rings is 1. The number of halogens is 3. The van der Waals surface area contributed by atoms with Gasteiger partial charge in [0.05, 0.1) is 11.5 Å². The van der Waals surface area contributed by atoms with Crippen LogP contribution < -0.4 is 14.8 Å². The van der Waals surface area contributed by atoms with Crippen LogP contribution in [0.1, 0.15) is 17.7 Å². The van der Waals surface area contributed by atoms with Gasteiger partial charge < -0.3 is 19.5 Å². The van der Waals surface area contributed by atoms with Crippen molar-refractivity contribution in [2.75, 3.05) is 18.4 Å². The van der Waals surface area contributed by atoms with Crippen molar-refractivity contribution in [3.8, 4) is 11.5 Å². The van der Waals surface area contributed by atoms with Crippen LogP contribution in [0.5, 0.6) is 11.5 Å². The predicted octanol–water partition coefficient (Wildman–Crippen LogP) is 3.61. The van der Waals surface area contributed by atoms with Crippen molar-refractivity contribution in [1.29, 1.82) is 0 Å². The molecule has 0 spiro atoms. The van der Waals surface area contributed by atoms with Crippen LogP contribution in [0.15, 0.2) is 30.5 Å². The minimum Gasteiger partial charge on any atom is -0.490 e. The molecule has 0 aliphatic carbocycles. The summed E-state index contributed by atoms with van der Waals surface area (Å²) in [4.78, 5) is 18.5. The zero-order chi connectivity index (χ0) is 20.1. The van der Waals surface area contributed by atoms with E-state index < -0.39 is 6.36 Å². The maximum absolute atomic E-state index is 12.3. The molecule has 2 heterocycles. The molecule has 1 aliphatic heterocycles. The summed E-state index contributed by atoms with van der Waals surface area (Å²) in [5.41, 5.74) is 0. The van der Waals surface area contributed by atoms with E-state index in [4.69, 9.17) is 9.84 Å². The van der Waals surface area contributed by atoms with Gasteiger partial charge in [-0.25, -0.2) is 9.78 Å². The lowest BCUT2D eigenvalue weighted by molar-refractivity contribution is -0.274. The van der Waals surface area contributed by atoms with E-state index in [1.807, 2.05) is 0 Å². The Kier molecular flexibility index (Phi) is 6.25. The van der Waals surface area contributed by atoms with Crippen molar-refractivity contribution >= 4 is 22.5 Å². The van der Waals surface area contributed by atoms with Gasteiger partial charge in [-0.2, -0.15) is 0 Å². The molecule has 2 amide bonds. The van der Waals surface area contributed by atoms with Crippen molar-refractivity contribution in [2.45, 2.75) is 31.9 Å². The van der Waals surface area contributed by atoms with E-state index in [9.17, 15) is 18.0 Å². The van der Waals surface area contributed by atoms with E-state index in [1.165, 1.54) is 35.7 Å². The third-order valence-corrected chi connectivity index (χ3v) is 4.89. The molecule has 0 atom stereocenters. The van der Waals surface area contributed by atoms with E-state index >= 15 is 0 Å². The number of aliphatic hydroxyl groups excluding tert-OH is 1. The van der Waals surface area contributed by atoms with Gasteiger partial charge in [-0.3, -0.25) is 5.32 Å². The topological polar surface area (TPSA) is 83.9 Å². The Bertz CT molecular complexity index is 807. The number of ether oxygens (including phenoxy) is 2. The van der Waals surface area contributed by atoms with E-state index in [0.717, 1.165) is 0 Å². The summed E-state index contributed by atoms with van der Waals surface area (Å²) in [6, 6.07) is 5.08. The Labute approximate surface area is 162 Å². The molecule has 0 bridgehead atoms. The van der Waals surface area contributed by atoms with Crippen LogP contribution in [0.2, 0.25) is 0 Å². The number of likely N-dealkylation sites (tertiary alicyclic amines) is 1. The lowest BCUT2D eigenvalue weighted by atomic mass is 10.1. The summed E-state index contributed by atoms with van der Waals surface area (Å²) < 4.78 is 46.5. The average molecular weight is 417 g/mol. The molecule has 1 aromatic heterocycles. The van der Waals surface area contributed by atoms with Gasteiger partial charge in [0.1, 0.15) is 17.6 Å². The second-order valence-corrected chi connectivity index (χ2v) is 7.16. The molecule has 0 saturated carbocycles. The van der Waals surface area contributed by atoms with E-state index in [2.05, 4.69) is 15.0 Å². The number of anilines is 1. The molecule has 1 saturated heterocycles. The van der Waals surface area contributed by atoms with Crippen molar-refractivity contribution in [3.05, 3.63) is 35.3 Å². The van der Waals surface area contributed by atoms with Crippen LogP contribution in [-0.2, 0) is 6.61 Å². The Hall–Kier alpha value is -2.53. The van der Waals surface area contributed by atoms with Crippen molar-refractivity contribution < 1.29 is 32.5 Å². The summed E-state index contributed by atoms with van der Waals surface area (Å²) in [5.74, 6) is -0.0588. The number of hydrogen-bond acceptors (Lipinski definition) is 6. The number of nitrogens with one attached hydrogen (secondary N) is 1. The number of hydrogen-bond donors (Lipinski definition) is 2. The highest BCUT2D eigenvalue weighted by molar-refractivity contribution is 7.15. The lowest BCUT2D eigenvalue weighted by Gasteiger charge is -2.32. The zero-order valence-electron chi connectivity index (χ0n) is 14.6. The number of amides is 2. The number of alkyl halides is 3. The van der Waals surface area contributed by atoms with Gasteiger partial charge in [-0.05, 0) is 12.1 Å². The van der Waals surface area contributed by atoms with Gasteiger partial charge in [0.25, 0.3) is 0 Å². The predicted molar refractivity (Wildman–Crippen MR) is 95.4 cm³/mol. The highest BCUT2D eigenvalue weighted by Gasteiger charge is 2.31. The number of rotatable bonds is 5. The molecule has 152 valence electrons. The molecule has 7 nitrogen and oxygen atoms in total. The highest BCUT2D eigenvalue weighted by atomic mass is 32.1. The quantitative estimate of drug-likeness (QED) is 0.777. The normalized spacial score (nSPS) is 15.4. The van der Waals surface area contributed by atoms with Crippen molar-refractivity contribution in [2.24, 2.45) is 0 Å². The summed E-state index contributed by atoms with van der Waals surface area (Å²) >= 11 is 1.20. The van der Waals surface area contributed by atoms with Crippen LogP contribution in [-0.4, -0.2) is 46.6 Å². The number of piperidine rings is 1. The maximum atomic E-state index is 12.3. The van der Waals surface area contributed by atoms with Crippen LogP contribution in [0.4, 0.5) is 23.1 Å². The number of aromatic nitrogens is 1. The number of carbonyl (C=O) groups excluding carboxylic acids is 1. The first-order valence-electron chi connectivity index (χ1n) is 8.46. The largest absolute Gasteiger partial charge is 0.573 e. The second kappa shape index (κ2) is 8.65. The fraction of sp³-hybridized carbons (Fsp3) is 0.412. The maximum Gasteiger partial charge on any atom is 0.573 e. The van der Waals surface area contributed by atoms with Crippen molar-refractivity contribution in [3.63, 3.8) is 0 Å². The average Bonchev–Trinajstić information content (AvgIpc) is 3.09. The van der Waals surface area contributed by atoms with Crippen LogP contribution in [0, 0.1) is 0 Å². The molecule has 2 aromatic rings. The molecule has 0 unspecified atom stereocenters.